The monoisotopic (exact) mass is 500 g/mol. The molecular formula is C27H37ClN4O3. The lowest BCUT2D eigenvalue weighted by Gasteiger charge is -2.39. The average Bonchev–Trinajstić information content (AvgIpc) is 3.47. The van der Waals surface area contributed by atoms with Crippen LogP contribution in [0.1, 0.15) is 107 Å². The Morgan fingerprint density at radius 2 is 1.97 bits per heavy atom. The van der Waals surface area contributed by atoms with Crippen LogP contribution in [-0.4, -0.2) is 32.0 Å². The van der Waals surface area contributed by atoms with Crippen LogP contribution in [0.2, 0.25) is 5.02 Å². The number of aliphatic carboxylic acids is 1. The molecule has 35 heavy (non-hydrogen) atoms. The summed E-state index contributed by atoms with van der Waals surface area (Å²) in [5.74, 6) is -0.265. The molecule has 7 nitrogen and oxygen atoms in total. The van der Waals surface area contributed by atoms with E-state index in [0.717, 1.165) is 42.6 Å². The molecule has 1 heterocycles. The molecule has 1 aromatic heterocycles. The number of anilines is 1. The Labute approximate surface area is 212 Å². The number of carboxylic acid groups (broad SMARTS) is 1. The van der Waals surface area contributed by atoms with Crippen LogP contribution >= 0.6 is 11.6 Å². The van der Waals surface area contributed by atoms with E-state index in [2.05, 4.69) is 41.1 Å². The summed E-state index contributed by atoms with van der Waals surface area (Å²) in [5.41, 5.74) is 3.82. The molecule has 190 valence electrons. The lowest BCUT2D eigenvalue weighted by atomic mass is 9.71. The summed E-state index contributed by atoms with van der Waals surface area (Å²) >= 11 is 6.30. The van der Waals surface area contributed by atoms with E-state index in [0.29, 0.717) is 40.4 Å². The lowest BCUT2D eigenvalue weighted by molar-refractivity contribution is -0.137. The molecule has 4 rings (SSSR count). The third kappa shape index (κ3) is 6.63. The third-order valence-electron chi connectivity index (χ3n) is 7.10. The molecule has 0 unspecified atom stereocenters. The minimum absolute atomic E-state index is 0.0166. The first-order valence-electron chi connectivity index (χ1n) is 12.7. The minimum Gasteiger partial charge on any atom is -0.481 e. The van der Waals surface area contributed by atoms with E-state index >= 15 is 0 Å². The molecule has 2 saturated carbocycles. The largest absolute Gasteiger partial charge is 0.481 e. The van der Waals surface area contributed by atoms with Crippen LogP contribution in [0.3, 0.4) is 0 Å². The molecule has 8 heteroatoms. The number of carbonyl (C=O) groups is 2. The van der Waals surface area contributed by atoms with Gasteiger partial charge in [-0.2, -0.15) is 0 Å². The molecule has 2 aromatic rings. The Bertz CT molecular complexity index is 1080. The zero-order valence-electron chi connectivity index (χ0n) is 21.2. The van der Waals surface area contributed by atoms with Crippen LogP contribution in [-0.2, 0) is 9.59 Å². The van der Waals surface area contributed by atoms with E-state index in [-0.39, 0.29) is 24.7 Å². The zero-order chi connectivity index (χ0) is 25.3. The highest BCUT2D eigenvalue weighted by Gasteiger charge is 2.40. The van der Waals surface area contributed by atoms with Gasteiger partial charge in [-0.1, -0.05) is 43.7 Å². The Hall–Kier alpha value is -2.41. The van der Waals surface area contributed by atoms with Crippen molar-refractivity contribution in [2.24, 2.45) is 11.3 Å². The van der Waals surface area contributed by atoms with Crippen LogP contribution in [0.25, 0.3) is 0 Å². The van der Waals surface area contributed by atoms with Crippen molar-refractivity contribution >= 4 is 29.2 Å². The van der Waals surface area contributed by atoms with Crippen molar-refractivity contribution in [3.8, 4) is 0 Å². The molecule has 0 saturated heterocycles. The van der Waals surface area contributed by atoms with E-state index in [9.17, 15) is 14.7 Å². The van der Waals surface area contributed by atoms with E-state index in [1.54, 1.807) is 12.1 Å². The van der Waals surface area contributed by atoms with Crippen molar-refractivity contribution in [2.45, 2.75) is 96.9 Å². The first-order valence-corrected chi connectivity index (χ1v) is 13.1. The molecule has 1 atom stereocenters. The van der Waals surface area contributed by atoms with Crippen molar-refractivity contribution in [1.29, 1.82) is 0 Å². The number of nitrogens with zero attached hydrogens (tertiary/aromatic N) is 3. The molecule has 0 radical (unpaired) electrons. The summed E-state index contributed by atoms with van der Waals surface area (Å²) in [7, 11) is 0. The predicted octanol–water partition coefficient (Wildman–Crippen LogP) is 6.48. The second-order valence-corrected chi connectivity index (χ2v) is 12.1. The number of carbonyl (C=O) groups excluding carboxylic acids is 1. The number of rotatable bonds is 10. The van der Waals surface area contributed by atoms with Crippen molar-refractivity contribution in [3.05, 3.63) is 40.2 Å². The number of nitrogens with one attached hydrogen (secondary N) is 1. The summed E-state index contributed by atoms with van der Waals surface area (Å²) < 4.78 is 2.11. The molecule has 0 spiro atoms. The number of benzene rings is 1. The van der Waals surface area contributed by atoms with E-state index < -0.39 is 5.97 Å². The predicted molar refractivity (Wildman–Crippen MR) is 137 cm³/mol. The smallest absolute Gasteiger partial charge is 0.303 e. The van der Waals surface area contributed by atoms with Gasteiger partial charge in [0.2, 0.25) is 5.91 Å². The van der Waals surface area contributed by atoms with Gasteiger partial charge in [-0.3, -0.25) is 9.59 Å². The Balaban J connectivity index is 1.51. The average molecular weight is 501 g/mol. The second kappa shape index (κ2) is 10.3. The molecule has 0 bridgehead atoms. The van der Waals surface area contributed by atoms with E-state index in [1.165, 1.54) is 6.42 Å². The van der Waals surface area contributed by atoms with Gasteiger partial charge in [-0.25, -0.2) is 4.68 Å². The van der Waals surface area contributed by atoms with Crippen molar-refractivity contribution < 1.29 is 14.7 Å². The Morgan fingerprint density at radius 1 is 1.26 bits per heavy atom. The standard InChI is InChI=1S/C27H37ClN4O3/c1-16-5-9-22(21(28)11-16)29-23(33)14-19(8-10-24(34)35)25-26(18-6-7-18)32(31-30-25)20-12-17(13-20)15-27(2,3)4/h5,9,11,17-20H,6-8,10,12-15H2,1-4H3,(H,29,33)(H,34,35)/t17?,19-,20?/m1/s1. The Kier molecular flexibility index (Phi) is 7.55. The minimum atomic E-state index is -0.874. The number of aryl methyl sites for hydroxylation is 1. The first kappa shape index (κ1) is 25.7. The van der Waals surface area contributed by atoms with Gasteiger partial charge in [0, 0.05) is 24.7 Å². The summed E-state index contributed by atoms with van der Waals surface area (Å²) in [4.78, 5) is 24.4. The van der Waals surface area contributed by atoms with E-state index in [1.807, 2.05) is 13.0 Å². The van der Waals surface area contributed by atoms with Crippen molar-refractivity contribution in [2.75, 3.05) is 5.32 Å². The Morgan fingerprint density at radius 3 is 2.57 bits per heavy atom. The molecule has 2 aliphatic carbocycles. The fraction of sp³-hybridized carbons (Fsp3) is 0.630. The number of hydrogen-bond acceptors (Lipinski definition) is 4. The zero-order valence-corrected chi connectivity index (χ0v) is 21.9. The summed E-state index contributed by atoms with van der Waals surface area (Å²) in [6.07, 6.45) is 6.07. The van der Waals surface area contributed by atoms with Gasteiger partial charge < -0.3 is 10.4 Å². The van der Waals surface area contributed by atoms with E-state index in [4.69, 9.17) is 11.6 Å². The van der Waals surface area contributed by atoms with Gasteiger partial charge in [-0.05, 0) is 74.5 Å². The third-order valence-corrected chi connectivity index (χ3v) is 7.42. The quantitative estimate of drug-likeness (QED) is 0.389. The van der Waals surface area contributed by atoms with Gasteiger partial charge in [0.05, 0.1) is 28.1 Å². The van der Waals surface area contributed by atoms with Crippen LogP contribution < -0.4 is 5.32 Å². The molecule has 1 amide bonds. The lowest BCUT2D eigenvalue weighted by Crippen LogP contribution is -2.31. The SMILES string of the molecule is Cc1ccc(NC(=O)C[C@@H](CCC(=O)O)c2nnn(C3CC(CC(C)(C)C)C3)c2C2CC2)c(Cl)c1. The maximum Gasteiger partial charge on any atom is 0.303 e. The normalized spacial score (nSPS) is 20.8. The molecule has 0 aliphatic heterocycles. The highest BCUT2D eigenvalue weighted by molar-refractivity contribution is 6.33. The number of halogens is 1. The second-order valence-electron chi connectivity index (χ2n) is 11.7. The fourth-order valence-corrected chi connectivity index (χ4v) is 5.62. The van der Waals surface area contributed by atoms with Crippen LogP contribution in [0, 0.1) is 18.3 Å². The van der Waals surface area contributed by atoms with Gasteiger partial charge >= 0.3 is 5.97 Å². The number of aromatic nitrogens is 3. The summed E-state index contributed by atoms with van der Waals surface area (Å²) in [6, 6.07) is 5.84. The van der Waals surface area contributed by atoms with Gasteiger partial charge in [0.15, 0.2) is 0 Å². The van der Waals surface area contributed by atoms with Crippen LogP contribution in [0.5, 0.6) is 0 Å². The van der Waals surface area contributed by atoms with Crippen LogP contribution in [0.15, 0.2) is 18.2 Å². The summed E-state index contributed by atoms with van der Waals surface area (Å²) in [5, 5.41) is 21.8. The summed E-state index contributed by atoms with van der Waals surface area (Å²) in [6.45, 7) is 8.79. The van der Waals surface area contributed by atoms with Crippen LogP contribution in [0.4, 0.5) is 5.69 Å². The maximum absolute atomic E-state index is 13.0. The van der Waals surface area contributed by atoms with Gasteiger partial charge in [0.1, 0.15) is 0 Å². The van der Waals surface area contributed by atoms with Crippen molar-refractivity contribution in [3.63, 3.8) is 0 Å². The number of hydrogen-bond donors (Lipinski definition) is 2. The topological polar surface area (TPSA) is 97.1 Å². The highest BCUT2D eigenvalue weighted by atomic mass is 35.5. The molecular weight excluding hydrogens is 464 g/mol. The molecule has 2 fully saturated rings. The molecule has 2 aliphatic rings. The highest BCUT2D eigenvalue weighted by Crippen LogP contribution is 2.49. The van der Waals surface area contributed by atoms with Gasteiger partial charge in [0.25, 0.3) is 0 Å². The van der Waals surface area contributed by atoms with Crippen molar-refractivity contribution in [1.82, 2.24) is 15.0 Å². The maximum atomic E-state index is 13.0. The fourth-order valence-electron chi connectivity index (χ4n) is 5.34. The molecule has 1 aromatic carbocycles. The van der Waals surface area contributed by atoms with Gasteiger partial charge in [-0.15, -0.1) is 5.10 Å². The molecule has 2 N–H and O–H groups in total. The first-order chi connectivity index (χ1) is 16.5. The number of amides is 1. The number of carboxylic acids is 1.